The Morgan fingerprint density at radius 3 is 1.77 bits per heavy atom. The van der Waals surface area contributed by atoms with Crippen molar-refractivity contribution < 1.29 is 9.59 Å². The highest BCUT2D eigenvalue weighted by Crippen LogP contribution is 2.77. The van der Waals surface area contributed by atoms with Gasteiger partial charge < -0.3 is 0 Å². The van der Waals surface area contributed by atoms with Crippen LogP contribution in [0.25, 0.3) is 0 Å². The van der Waals surface area contributed by atoms with Crippen molar-refractivity contribution in [3.05, 3.63) is 39.4 Å². The first-order valence-corrected chi connectivity index (χ1v) is 9.96. The number of aryl methyl sites for hydroxylation is 2. The number of fused-ring (bicyclic) bond motifs is 5. The van der Waals surface area contributed by atoms with Crippen LogP contribution in [0.5, 0.6) is 0 Å². The fraction of sp³-hybridized carbons (Fsp3) is 0.412. The van der Waals surface area contributed by atoms with Gasteiger partial charge in [0.15, 0.2) is 4.33 Å². The normalized spacial score (nSPS) is 37.8. The molecule has 0 N–H and O–H groups in total. The second-order valence-electron chi connectivity index (χ2n) is 6.88. The van der Waals surface area contributed by atoms with E-state index in [2.05, 4.69) is 0 Å². The summed E-state index contributed by atoms with van der Waals surface area (Å²) in [6, 6.07) is 5.39. The fourth-order valence-corrected chi connectivity index (χ4v) is 7.22. The van der Waals surface area contributed by atoms with Gasteiger partial charge in [-0.3, -0.25) is 9.59 Å². The molecule has 1 aromatic rings. The van der Waals surface area contributed by atoms with E-state index in [1.165, 1.54) is 0 Å². The minimum absolute atomic E-state index is 0.0919. The molecule has 1 aromatic carbocycles. The maximum Gasteiger partial charge on any atom is 0.240 e. The van der Waals surface area contributed by atoms with E-state index in [9.17, 15) is 9.59 Å². The van der Waals surface area contributed by atoms with Crippen LogP contribution in [0.1, 0.15) is 11.1 Å². The topological polar surface area (TPSA) is 37.4 Å². The van der Waals surface area contributed by atoms with E-state index in [1.807, 2.05) is 26.0 Å². The monoisotopic (exact) mass is 471 g/mol. The molecule has 138 valence electrons. The molecule has 3 aliphatic rings. The number of allylic oxidation sites excluding steroid dienone is 2. The Hall–Kier alpha value is -0.160. The summed E-state index contributed by atoms with van der Waals surface area (Å²) in [5.41, 5.74) is 2.22. The molecule has 0 radical (unpaired) electrons. The summed E-state index contributed by atoms with van der Waals surface area (Å²) < 4.78 is -1.91. The molecule has 2 fully saturated rings. The molecule has 3 nitrogen and oxygen atoms in total. The first-order valence-electron chi connectivity index (χ1n) is 7.69. The molecule has 4 atom stereocenters. The van der Waals surface area contributed by atoms with Gasteiger partial charge in [-0.1, -0.05) is 64.1 Å². The summed E-state index contributed by atoms with van der Waals surface area (Å²) in [4.78, 5) is 24.0. The van der Waals surface area contributed by atoms with Crippen molar-refractivity contribution in [2.45, 2.75) is 27.9 Å². The molecule has 0 aromatic heterocycles. The number of rotatable bonds is 1. The summed E-state index contributed by atoms with van der Waals surface area (Å²) in [5.74, 6) is -3.31. The van der Waals surface area contributed by atoms with Gasteiger partial charge in [0, 0.05) is 0 Å². The van der Waals surface area contributed by atoms with Crippen LogP contribution in [-0.4, -0.2) is 25.9 Å². The second-order valence-corrected chi connectivity index (χ2v) is 10.2. The molecule has 0 spiro atoms. The third-order valence-electron chi connectivity index (χ3n) is 5.50. The van der Waals surface area contributed by atoms with E-state index < -0.39 is 37.7 Å². The zero-order valence-electron chi connectivity index (χ0n) is 13.4. The van der Waals surface area contributed by atoms with Gasteiger partial charge in [-0.15, -0.1) is 23.2 Å². The quantitative estimate of drug-likeness (QED) is 0.412. The minimum Gasteiger partial charge on any atom is -0.274 e. The number of benzene rings is 1. The van der Waals surface area contributed by atoms with Crippen molar-refractivity contribution in [2.24, 2.45) is 11.8 Å². The average molecular weight is 474 g/mol. The van der Waals surface area contributed by atoms with Gasteiger partial charge in [-0.05, 0) is 25.5 Å². The molecular formula is C17H11Cl6NO2. The lowest BCUT2D eigenvalue weighted by Gasteiger charge is -2.34. The number of hydrogen-bond acceptors (Lipinski definition) is 2. The summed E-state index contributed by atoms with van der Waals surface area (Å²) in [7, 11) is 0. The lowest BCUT2D eigenvalue weighted by Crippen LogP contribution is -2.50. The second kappa shape index (κ2) is 5.46. The maximum atomic E-state index is 13.2. The lowest BCUT2D eigenvalue weighted by molar-refractivity contribution is -0.123. The van der Waals surface area contributed by atoms with E-state index in [4.69, 9.17) is 69.6 Å². The first-order chi connectivity index (χ1) is 11.9. The molecule has 1 aliphatic heterocycles. The summed E-state index contributed by atoms with van der Waals surface area (Å²) >= 11 is 38.8. The molecule has 2 bridgehead atoms. The van der Waals surface area contributed by atoms with Gasteiger partial charge >= 0.3 is 0 Å². The number of amides is 2. The zero-order chi connectivity index (χ0) is 19.4. The van der Waals surface area contributed by atoms with Crippen LogP contribution in [0.15, 0.2) is 28.3 Å². The van der Waals surface area contributed by atoms with Gasteiger partial charge in [-0.2, -0.15) is 0 Å². The number of halogens is 6. The summed E-state index contributed by atoms with van der Waals surface area (Å²) in [6.45, 7) is 3.73. The van der Waals surface area contributed by atoms with Crippen molar-refractivity contribution in [3.63, 3.8) is 0 Å². The van der Waals surface area contributed by atoms with Crippen molar-refractivity contribution in [1.82, 2.24) is 0 Å². The van der Waals surface area contributed by atoms with Crippen molar-refractivity contribution in [2.75, 3.05) is 4.90 Å². The van der Waals surface area contributed by atoms with Crippen molar-refractivity contribution in [1.29, 1.82) is 0 Å². The molecule has 1 heterocycles. The Balaban J connectivity index is 1.92. The number of carbonyl (C=O) groups excluding carboxylic acids is 2. The Morgan fingerprint density at radius 1 is 0.885 bits per heavy atom. The molecule has 1 saturated heterocycles. The van der Waals surface area contributed by atoms with Crippen molar-refractivity contribution in [3.8, 4) is 0 Å². The van der Waals surface area contributed by atoms with Crippen LogP contribution < -0.4 is 4.90 Å². The zero-order valence-corrected chi connectivity index (χ0v) is 18.0. The van der Waals surface area contributed by atoms with Crippen LogP contribution in [-0.2, 0) is 9.59 Å². The predicted octanol–water partition coefficient (Wildman–Crippen LogP) is 5.25. The number of carbonyl (C=O) groups is 2. The van der Waals surface area contributed by atoms with Crippen LogP contribution in [0, 0.1) is 25.7 Å². The highest BCUT2D eigenvalue weighted by atomic mass is 35.5. The maximum absolute atomic E-state index is 13.2. The Kier molecular flexibility index (Phi) is 4.03. The Morgan fingerprint density at radius 2 is 1.35 bits per heavy atom. The number of anilines is 1. The standard InChI is InChI=1S/C17H11Cl6NO2/c1-6-3-4-8(7(2)5-6)24-13(25)9-10(14(24)26)16(21)12(19)11(18)15(9,20)17(16,22)23/h3-5,9-10H,1-2H3/t9-,10+,15-,16-/m0/s1. The predicted molar refractivity (Wildman–Crippen MR) is 106 cm³/mol. The Labute approximate surface area is 180 Å². The Bertz CT molecular complexity index is 882. The number of nitrogens with zero attached hydrogens (tertiary/aromatic N) is 1. The van der Waals surface area contributed by atoms with E-state index in [-0.39, 0.29) is 10.1 Å². The summed E-state index contributed by atoms with van der Waals surface area (Å²) in [6.07, 6.45) is 0. The first kappa shape index (κ1) is 19.2. The third-order valence-corrected chi connectivity index (χ3v) is 9.76. The molecule has 4 rings (SSSR count). The fourth-order valence-electron chi connectivity index (χ4n) is 4.29. The molecule has 1 saturated carbocycles. The highest BCUT2D eigenvalue weighted by molar-refractivity contribution is 6.67. The van der Waals surface area contributed by atoms with Gasteiger partial charge in [0.2, 0.25) is 11.8 Å². The third kappa shape index (κ3) is 1.81. The van der Waals surface area contributed by atoms with E-state index in [0.29, 0.717) is 5.69 Å². The van der Waals surface area contributed by atoms with Gasteiger partial charge in [0.25, 0.3) is 0 Å². The highest BCUT2D eigenvalue weighted by Gasteiger charge is 2.87. The average Bonchev–Trinajstić information content (AvgIpc) is 2.93. The van der Waals surface area contributed by atoms with E-state index in [1.54, 1.807) is 6.07 Å². The molecule has 2 aliphatic carbocycles. The lowest BCUT2D eigenvalue weighted by atomic mass is 9.84. The van der Waals surface area contributed by atoms with Crippen LogP contribution in [0.4, 0.5) is 5.69 Å². The van der Waals surface area contributed by atoms with Crippen LogP contribution in [0.3, 0.4) is 0 Å². The largest absolute Gasteiger partial charge is 0.274 e. The smallest absolute Gasteiger partial charge is 0.240 e. The van der Waals surface area contributed by atoms with Crippen LogP contribution >= 0.6 is 69.6 Å². The molecule has 0 unspecified atom stereocenters. The van der Waals surface area contributed by atoms with E-state index >= 15 is 0 Å². The minimum atomic E-state index is -1.91. The van der Waals surface area contributed by atoms with Crippen LogP contribution in [0.2, 0.25) is 0 Å². The molecule has 26 heavy (non-hydrogen) atoms. The molecular weight excluding hydrogens is 463 g/mol. The van der Waals surface area contributed by atoms with Crippen molar-refractivity contribution >= 4 is 87.1 Å². The van der Waals surface area contributed by atoms with E-state index in [0.717, 1.165) is 16.0 Å². The molecule has 2 amide bonds. The summed E-state index contributed by atoms with van der Waals surface area (Å²) in [5, 5.41) is -0.184. The van der Waals surface area contributed by atoms with Gasteiger partial charge in [-0.25, -0.2) is 4.90 Å². The SMILES string of the molecule is Cc1ccc(N2C(=O)[C@@H]3[C@H](C2=O)[C@]2(Cl)C(Cl)=C(Cl)[C@]3(Cl)C2(Cl)Cl)c(C)c1. The van der Waals surface area contributed by atoms with Gasteiger partial charge in [0.05, 0.1) is 27.6 Å². The van der Waals surface area contributed by atoms with Gasteiger partial charge in [0.1, 0.15) is 9.75 Å². The number of imide groups is 1. The molecule has 9 heteroatoms. The number of alkyl halides is 4. The number of hydrogen-bond donors (Lipinski definition) is 0.